The molecule has 0 unspecified atom stereocenters. The zero-order valence-electron chi connectivity index (χ0n) is 16.1. The van der Waals surface area contributed by atoms with Crippen LogP contribution >= 0.6 is 0 Å². The number of ether oxygens (including phenoxy) is 2. The molecule has 3 aliphatic heterocycles. The Kier molecular flexibility index (Phi) is 4.57. The van der Waals surface area contributed by atoms with E-state index in [-0.39, 0.29) is 11.4 Å². The van der Waals surface area contributed by atoms with Crippen LogP contribution in [-0.4, -0.2) is 73.2 Å². The van der Waals surface area contributed by atoms with Crippen molar-refractivity contribution in [2.75, 3.05) is 47.1 Å². The normalized spacial score (nSPS) is 27.2. The summed E-state index contributed by atoms with van der Waals surface area (Å²) in [5, 5.41) is 0. The first-order valence-corrected chi connectivity index (χ1v) is 9.53. The molecular formula is C20H29N3O3. The Balaban J connectivity index is 1.51. The largest absolute Gasteiger partial charge is 0.454 e. The van der Waals surface area contributed by atoms with Crippen LogP contribution in [0.1, 0.15) is 30.4 Å². The molecule has 4 rings (SSSR count). The number of nitrogens with zero attached hydrogens (tertiary/aromatic N) is 3. The minimum Gasteiger partial charge on any atom is -0.454 e. The van der Waals surface area contributed by atoms with Crippen molar-refractivity contribution in [1.29, 1.82) is 0 Å². The standard InChI is InChI=1S/C20H29N3O3/c1-15-10-17-18(26-14-25-17)11-16(15)12-23-9-8-22(3)20(13-23)5-4-19(24)21(2)7-6-20/h10-11H,4-9,12-14H2,1-3H3/t20-/m0/s1. The first-order chi connectivity index (χ1) is 12.5. The molecule has 0 bridgehead atoms. The number of carbonyl (C=O) groups is 1. The second kappa shape index (κ2) is 6.74. The highest BCUT2D eigenvalue weighted by Gasteiger charge is 2.41. The van der Waals surface area contributed by atoms with Gasteiger partial charge in [-0.05, 0) is 50.1 Å². The van der Waals surface area contributed by atoms with Crippen LogP contribution in [0.2, 0.25) is 0 Å². The predicted molar refractivity (Wildman–Crippen MR) is 99.4 cm³/mol. The van der Waals surface area contributed by atoms with E-state index in [9.17, 15) is 4.79 Å². The molecular weight excluding hydrogens is 330 g/mol. The quantitative estimate of drug-likeness (QED) is 0.806. The molecule has 0 N–H and O–H groups in total. The van der Waals surface area contributed by atoms with Crippen molar-refractivity contribution in [3.63, 3.8) is 0 Å². The van der Waals surface area contributed by atoms with Crippen LogP contribution in [0.5, 0.6) is 11.5 Å². The third kappa shape index (κ3) is 3.16. The number of piperazine rings is 1. The molecule has 3 aliphatic rings. The molecule has 1 aromatic carbocycles. The van der Waals surface area contributed by atoms with Gasteiger partial charge >= 0.3 is 0 Å². The van der Waals surface area contributed by atoms with Crippen molar-refractivity contribution >= 4 is 5.91 Å². The Bertz CT molecular complexity index is 708. The number of benzene rings is 1. The lowest BCUT2D eigenvalue weighted by atomic mass is 9.86. The lowest BCUT2D eigenvalue weighted by Crippen LogP contribution is -2.60. The summed E-state index contributed by atoms with van der Waals surface area (Å²) in [5.74, 6) is 1.99. The fourth-order valence-corrected chi connectivity index (χ4v) is 4.47. The topological polar surface area (TPSA) is 45.2 Å². The summed E-state index contributed by atoms with van der Waals surface area (Å²) in [6, 6.07) is 4.22. The van der Waals surface area contributed by atoms with Gasteiger partial charge in [0.2, 0.25) is 12.7 Å². The van der Waals surface area contributed by atoms with Gasteiger partial charge in [-0.15, -0.1) is 0 Å². The number of rotatable bonds is 2. The summed E-state index contributed by atoms with van der Waals surface area (Å²) >= 11 is 0. The number of likely N-dealkylation sites (N-methyl/N-ethyl adjacent to an activating group) is 1. The first kappa shape index (κ1) is 17.6. The number of likely N-dealkylation sites (tertiary alicyclic amines) is 1. The van der Waals surface area contributed by atoms with E-state index in [0.717, 1.165) is 57.1 Å². The van der Waals surface area contributed by atoms with Crippen LogP contribution in [0.25, 0.3) is 0 Å². The van der Waals surface area contributed by atoms with E-state index in [2.05, 4.69) is 35.9 Å². The molecule has 0 radical (unpaired) electrons. The fourth-order valence-electron chi connectivity index (χ4n) is 4.47. The number of amides is 1. The molecule has 0 aromatic heterocycles. The molecule has 1 amide bonds. The number of hydrogen-bond donors (Lipinski definition) is 0. The van der Waals surface area contributed by atoms with Gasteiger partial charge in [0.15, 0.2) is 11.5 Å². The number of hydrogen-bond acceptors (Lipinski definition) is 5. The fraction of sp³-hybridized carbons (Fsp3) is 0.650. The van der Waals surface area contributed by atoms with Crippen molar-refractivity contribution < 1.29 is 14.3 Å². The van der Waals surface area contributed by atoms with Crippen LogP contribution in [-0.2, 0) is 11.3 Å². The summed E-state index contributed by atoms with van der Waals surface area (Å²) in [7, 11) is 4.15. The van der Waals surface area contributed by atoms with Crippen LogP contribution in [0.3, 0.4) is 0 Å². The lowest BCUT2D eigenvalue weighted by Gasteiger charge is -2.49. The van der Waals surface area contributed by atoms with Crippen LogP contribution in [0.15, 0.2) is 12.1 Å². The average Bonchev–Trinajstić information content (AvgIpc) is 3.02. The zero-order valence-corrected chi connectivity index (χ0v) is 16.1. The van der Waals surface area contributed by atoms with Gasteiger partial charge in [0, 0.05) is 51.7 Å². The molecule has 6 heteroatoms. The molecule has 0 saturated carbocycles. The second-order valence-electron chi connectivity index (χ2n) is 8.05. The minimum absolute atomic E-state index is 0.100. The van der Waals surface area contributed by atoms with Gasteiger partial charge in [0.1, 0.15) is 0 Å². The molecule has 0 aliphatic carbocycles. The predicted octanol–water partition coefficient (Wildman–Crippen LogP) is 1.85. The highest BCUT2D eigenvalue weighted by molar-refractivity contribution is 5.76. The monoisotopic (exact) mass is 359 g/mol. The molecule has 26 heavy (non-hydrogen) atoms. The third-order valence-electron chi connectivity index (χ3n) is 6.45. The number of carbonyl (C=O) groups excluding carboxylic acids is 1. The van der Waals surface area contributed by atoms with E-state index >= 15 is 0 Å². The van der Waals surface area contributed by atoms with Crippen molar-refractivity contribution in [2.45, 2.75) is 38.3 Å². The maximum atomic E-state index is 12.1. The zero-order chi connectivity index (χ0) is 18.3. The van der Waals surface area contributed by atoms with Gasteiger partial charge in [-0.25, -0.2) is 0 Å². The SMILES string of the molecule is Cc1cc2c(cc1CN1CCN(C)[C@]3(CCC(=O)N(C)CC3)C1)OCO2. The van der Waals surface area contributed by atoms with Crippen LogP contribution in [0.4, 0.5) is 0 Å². The maximum Gasteiger partial charge on any atom is 0.231 e. The number of fused-ring (bicyclic) bond motifs is 1. The van der Waals surface area contributed by atoms with E-state index in [1.54, 1.807) is 0 Å². The molecule has 1 aromatic rings. The highest BCUT2D eigenvalue weighted by atomic mass is 16.7. The van der Waals surface area contributed by atoms with Crippen LogP contribution < -0.4 is 9.47 Å². The first-order valence-electron chi connectivity index (χ1n) is 9.53. The van der Waals surface area contributed by atoms with E-state index in [1.165, 1.54) is 11.1 Å². The van der Waals surface area contributed by atoms with Crippen LogP contribution in [0, 0.1) is 6.92 Å². The smallest absolute Gasteiger partial charge is 0.231 e. The molecule has 3 heterocycles. The summed E-state index contributed by atoms with van der Waals surface area (Å²) in [4.78, 5) is 19.1. The highest BCUT2D eigenvalue weighted by Crippen LogP contribution is 2.36. The minimum atomic E-state index is 0.100. The van der Waals surface area contributed by atoms with Gasteiger partial charge in [0.25, 0.3) is 0 Å². The summed E-state index contributed by atoms with van der Waals surface area (Å²) < 4.78 is 11.0. The van der Waals surface area contributed by atoms with Gasteiger partial charge in [-0.3, -0.25) is 14.6 Å². The Morgan fingerprint density at radius 2 is 1.85 bits per heavy atom. The van der Waals surface area contributed by atoms with Gasteiger partial charge in [-0.1, -0.05) is 0 Å². The molecule has 6 nitrogen and oxygen atoms in total. The molecule has 142 valence electrons. The average molecular weight is 359 g/mol. The Labute approximate surface area is 155 Å². The van der Waals surface area contributed by atoms with Crippen molar-refractivity contribution in [1.82, 2.24) is 14.7 Å². The second-order valence-corrected chi connectivity index (χ2v) is 8.05. The van der Waals surface area contributed by atoms with Crippen molar-refractivity contribution in [3.05, 3.63) is 23.3 Å². The summed E-state index contributed by atoms with van der Waals surface area (Å²) in [6.45, 7) is 7.33. The van der Waals surface area contributed by atoms with Gasteiger partial charge in [0.05, 0.1) is 0 Å². The Morgan fingerprint density at radius 1 is 1.08 bits per heavy atom. The summed E-state index contributed by atoms with van der Waals surface area (Å²) in [6.07, 6.45) is 2.64. The third-order valence-corrected chi connectivity index (χ3v) is 6.45. The van der Waals surface area contributed by atoms with Gasteiger partial charge in [-0.2, -0.15) is 0 Å². The molecule has 1 spiro atoms. The van der Waals surface area contributed by atoms with E-state index in [1.807, 2.05) is 11.9 Å². The van der Waals surface area contributed by atoms with E-state index in [4.69, 9.17) is 9.47 Å². The molecule has 2 fully saturated rings. The number of aryl methyl sites for hydroxylation is 1. The van der Waals surface area contributed by atoms with E-state index in [0.29, 0.717) is 13.2 Å². The Hall–Kier alpha value is -1.79. The van der Waals surface area contributed by atoms with Crippen molar-refractivity contribution in [2.24, 2.45) is 0 Å². The van der Waals surface area contributed by atoms with Gasteiger partial charge < -0.3 is 14.4 Å². The van der Waals surface area contributed by atoms with Crippen molar-refractivity contribution in [3.8, 4) is 11.5 Å². The van der Waals surface area contributed by atoms with E-state index < -0.39 is 0 Å². The summed E-state index contributed by atoms with van der Waals surface area (Å²) in [5.41, 5.74) is 2.65. The maximum absolute atomic E-state index is 12.1. The Morgan fingerprint density at radius 3 is 2.65 bits per heavy atom. The lowest BCUT2D eigenvalue weighted by molar-refractivity contribution is -0.129. The molecule has 2 saturated heterocycles. The molecule has 1 atom stereocenters.